The number of hydrogen-bond donors (Lipinski definition) is 0. The monoisotopic (exact) mass is 325 g/mol. The van der Waals surface area contributed by atoms with Gasteiger partial charge in [-0.2, -0.15) is 5.10 Å². The Morgan fingerprint density at radius 1 is 1.09 bits per heavy atom. The molecule has 3 nitrogen and oxygen atoms in total. The molecule has 1 fully saturated rings. The molecule has 23 heavy (non-hydrogen) atoms. The van der Waals surface area contributed by atoms with Crippen LogP contribution in [0.15, 0.2) is 46.1 Å². The fraction of sp³-hybridized carbons (Fsp3) is 0.474. The predicted octanol–water partition coefficient (Wildman–Crippen LogP) is 4.80. The summed E-state index contributed by atoms with van der Waals surface area (Å²) in [7, 11) is 2.06. The number of benzene rings is 1. The fourth-order valence-corrected chi connectivity index (χ4v) is 4.84. The number of nitrogens with zero attached hydrogens (tertiary/aromatic N) is 3. The van der Waals surface area contributed by atoms with Crippen molar-refractivity contribution in [2.24, 2.45) is 22.7 Å². The van der Waals surface area contributed by atoms with E-state index in [4.69, 9.17) is 0 Å². The molecule has 0 N–H and O–H groups in total. The quantitative estimate of drug-likeness (QED) is 0.674. The second-order valence-electron chi connectivity index (χ2n) is 7.04. The van der Waals surface area contributed by atoms with Gasteiger partial charge in [0.25, 0.3) is 0 Å². The molecule has 2 aromatic rings. The zero-order valence-electron chi connectivity index (χ0n) is 13.9. The highest BCUT2D eigenvalue weighted by Gasteiger charge is 2.34. The Labute approximate surface area is 141 Å². The van der Waals surface area contributed by atoms with Crippen LogP contribution in [0.2, 0.25) is 0 Å². The first-order valence-corrected chi connectivity index (χ1v) is 9.34. The summed E-state index contributed by atoms with van der Waals surface area (Å²) in [5, 5.41) is 9.14. The Balaban J connectivity index is 1.70. The zero-order valence-corrected chi connectivity index (χ0v) is 14.7. The minimum atomic E-state index is 0.430. The summed E-state index contributed by atoms with van der Waals surface area (Å²) in [6.07, 6.45) is 9.91. The summed E-state index contributed by atoms with van der Waals surface area (Å²) in [5.74, 6) is 0. The molecule has 1 aromatic carbocycles. The minimum absolute atomic E-state index is 0.430. The van der Waals surface area contributed by atoms with Gasteiger partial charge in [-0.3, -0.25) is 0 Å². The van der Waals surface area contributed by atoms with E-state index in [9.17, 15) is 0 Å². The van der Waals surface area contributed by atoms with Crippen molar-refractivity contribution >= 4 is 27.3 Å². The zero-order chi connectivity index (χ0) is 15.9. The van der Waals surface area contributed by atoms with Gasteiger partial charge in [-0.15, -0.1) is 5.10 Å². The largest absolute Gasteiger partial charge is 0.318 e. The molecule has 120 valence electrons. The molecule has 0 saturated heterocycles. The molecule has 0 radical (unpaired) electrons. The summed E-state index contributed by atoms with van der Waals surface area (Å²) in [6, 6.07) is 8.42. The highest BCUT2D eigenvalue weighted by molar-refractivity contribution is 7.16. The van der Waals surface area contributed by atoms with E-state index in [2.05, 4.69) is 59.1 Å². The maximum Gasteiger partial charge on any atom is 0.211 e. The number of hydrogen-bond acceptors (Lipinski definition) is 3. The van der Waals surface area contributed by atoms with Crippen LogP contribution in [0.3, 0.4) is 0 Å². The minimum Gasteiger partial charge on any atom is -0.318 e. The number of allylic oxidation sites excluding steroid dienone is 2. The van der Waals surface area contributed by atoms with Gasteiger partial charge in [0.05, 0.1) is 15.9 Å². The number of aromatic nitrogens is 1. The Bertz CT molecular complexity index is 868. The molecule has 1 saturated carbocycles. The van der Waals surface area contributed by atoms with Crippen LogP contribution in [-0.4, -0.2) is 10.3 Å². The van der Waals surface area contributed by atoms with Crippen molar-refractivity contribution in [2.75, 3.05) is 0 Å². The average Bonchev–Trinajstić information content (AvgIpc) is 2.89. The molecule has 2 aliphatic carbocycles. The van der Waals surface area contributed by atoms with Crippen LogP contribution in [0, 0.1) is 5.41 Å². The summed E-state index contributed by atoms with van der Waals surface area (Å²) in [4.78, 5) is 0.967. The molecule has 2 aliphatic rings. The van der Waals surface area contributed by atoms with E-state index in [1.165, 1.54) is 42.3 Å². The number of para-hydroxylation sites is 1. The SMILES string of the molecule is Cn1/c(=N\N=C2\C=C3CCCC[C@@]3(C)CC2)sc2ccccc21. The molecule has 1 atom stereocenters. The second kappa shape index (κ2) is 5.75. The van der Waals surface area contributed by atoms with Crippen molar-refractivity contribution in [3.8, 4) is 0 Å². The lowest BCUT2D eigenvalue weighted by molar-refractivity contribution is 0.281. The van der Waals surface area contributed by atoms with E-state index in [1.807, 2.05) is 0 Å². The second-order valence-corrected chi connectivity index (χ2v) is 8.05. The topological polar surface area (TPSA) is 29.6 Å². The Hall–Kier alpha value is -1.68. The number of aryl methyl sites for hydroxylation is 1. The highest BCUT2D eigenvalue weighted by atomic mass is 32.1. The van der Waals surface area contributed by atoms with Gasteiger partial charge < -0.3 is 4.57 Å². The smallest absolute Gasteiger partial charge is 0.211 e. The lowest BCUT2D eigenvalue weighted by Gasteiger charge is -2.39. The van der Waals surface area contributed by atoms with E-state index in [0.29, 0.717) is 5.41 Å². The van der Waals surface area contributed by atoms with Crippen molar-refractivity contribution in [3.63, 3.8) is 0 Å². The van der Waals surface area contributed by atoms with Gasteiger partial charge in [0, 0.05) is 7.05 Å². The van der Waals surface area contributed by atoms with Crippen LogP contribution in [0.5, 0.6) is 0 Å². The van der Waals surface area contributed by atoms with Gasteiger partial charge in [-0.25, -0.2) is 0 Å². The van der Waals surface area contributed by atoms with Crippen LogP contribution in [-0.2, 0) is 7.05 Å². The molecular weight excluding hydrogens is 302 g/mol. The normalized spacial score (nSPS) is 27.3. The Morgan fingerprint density at radius 3 is 2.83 bits per heavy atom. The molecule has 4 rings (SSSR count). The molecule has 0 aliphatic heterocycles. The van der Waals surface area contributed by atoms with Crippen LogP contribution in [0.1, 0.15) is 45.4 Å². The standard InChI is InChI=1S/C19H23N3S/c1-19-11-6-5-7-14(19)13-15(10-12-19)20-21-18-22(2)16-8-3-4-9-17(16)23-18/h3-4,8-9,13H,5-7,10-12H2,1-2H3/b20-15+,21-18+/t19-/m0/s1. The van der Waals surface area contributed by atoms with Gasteiger partial charge in [0.2, 0.25) is 4.80 Å². The van der Waals surface area contributed by atoms with Crippen LogP contribution in [0.4, 0.5) is 0 Å². The average molecular weight is 325 g/mol. The van der Waals surface area contributed by atoms with Crippen molar-refractivity contribution in [2.45, 2.75) is 45.4 Å². The number of rotatable bonds is 1. The summed E-state index contributed by atoms with van der Waals surface area (Å²) in [5.41, 5.74) is 4.40. The molecule has 1 heterocycles. The third-order valence-electron chi connectivity index (χ3n) is 5.45. The molecule has 0 amide bonds. The van der Waals surface area contributed by atoms with Gasteiger partial charge in [0.15, 0.2) is 0 Å². The fourth-order valence-electron chi connectivity index (χ4n) is 3.87. The van der Waals surface area contributed by atoms with E-state index >= 15 is 0 Å². The summed E-state index contributed by atoms with van der Waals surface area (Å²) in [6.45, 7) is 2.43. The summed E-state index contributed by atoms with van der Waals surface area (Å²) < 4.78 is 3.39. The number of fused-ring (bicyclic) bond motifs is 2. The molecule has 1 aromatic heterocycles. The lowest BCUT2D eigenvalue weighted by atomic mass is 9.66. The number of thiazole rings is 1. The molecule has 0 bridgehead atoms. The van der Waals surface area contributed by atoms with Crippen molar-refractivity contribution in [1.82, 2.24) is 4.57 Å². The maximum atomic E-state index is 4.59. The van der Waals surface area contributed by atoms with E-state index in [0.717, 1.165) is 16.9 Å². The van der Waals surface area contributed by atoms with Crippen LogP contribution in [0.25, 0.3) is 10.2 Å². The third kappa shape index (κ3) is 2.69. The molecule has 0 spiro atoms. The van der Waals surface area contributed by atoms with E-state index in [1.54, 1.807) is 16.9 Å². The maximum absolute atomic E-state index is 4.59. The van der Waals surface area contributed by atoms with Crippen molar-refractivity contribution in [1.29, 1.82) is 0 Å². The predicted molar refractivity (Wildman–Crippen MR) is 97.7 cm³/mol. The molecule has 0 unspecified atom stereocenters. The summed E-state index contributed by atoms with van der Waals surface area (Å²) >= 11 is 1.70. The highest BCUT2D eigenvalue weighted by Crippen LogP contribution is 2.46. The van der Waals surface area contributed by atoms with Gasteiger partial charge in [-0.05, 0) is 55.7 Å². The lowest BCUT2D eigenvalue weighted by Crippen LogP contribution is -2.28. The van der Waals surface area contributed by atoms with Crippen LogP contribution >= 0.6 is 11.3 Å². The van der Waals surface area contributed by atoms with Crippen LogP contribution < -0.4 is 4.80 Å². The van der Waals surface area contributed by atoms with E-state index in [-0.39, 0.29) is 0 Å². The van der Waals surface area contributed by atoms with Gasteiger partial charge in [-0.1, -0.05) is 42.4 Å². The first-order chi connectivity index (χ1) is 11.2. The third-order valence-corrected chi connectivity index (χ3v) is 6.56. The van der Waals surface area contributed by atoms with Gasteiger partial charge >= 0.3 is 0 Å². The van der Waals surface area contributed by atoms with Crippen molar-refractivity contribution < 1.29 is 0 Å². The van der Waals surface area contributed by atoms with E-state index < -0.39 is 0 Å². The first-order valence-electron chi connectivity index (χ1n) is 8.52. The Morgan fingerprint density at radius 2 is 1.96 bits per heavy atom. The van der Waals surface area contributed by atoms with Crippen molar-refractivity contribution in [3.05, 3.63) is 40.7 Å². The Kier molecular flexibility index (Phi) is 3.72. The molecule has 4 heteroatoms. The molecular formula is C19H23N3S. The first kappa shape index (κ1) is 14.9. The van der Waals surface area contributed by atoms with Gasteiger partial charge in [0.1, 0.15) is 0 Å².